The van der Waals surface area contributed by atoms with Crippen molar-refractivity contribution in [1.29, 1.82) is 0 Å². The Labute approximate surface area is 124 Å². The Kier molecular flexibility index (Phi) is 6.85. The molecule has 0 aromatic heterocycles. The molecule has 0 aliphatic heterocycles. The van der Waals surface area contributed by atoms with Crippen LogP contribution in [0.25, 0.3) is 0 Å². The third kappa shape index (κ3) is 5.34. The minimum absolute atomic E-state index is 0.236. The molecule has 0 radical (unpaired) electrons. The number of nitrogens with one attached hydrogen (secondary N) is 1. The third-order valence-electron chi connectivity index (χ3n) is 3.00. The van der Waals surface area contributed by atoms with Crippen molar-refractivity contribution in [2.24, 2.45) is 0 Å². The molecule has 1 rings (SSSR count). The van der Waals surface area contributed by atoms with Crippen molar-refractivity contribution in [2.45, 2.75) is 42.5 Å². The first-order valence-electron chi connectivity index (χ1n) is 6.80. The van der Waals surface area contributed by atoms with Gasteiger partial charge in [-0.2, -0.15) is 0 Å². The van der Waals surface area contributed by atoms with Crippen LogP contribution < -0.4 is 5.32 Å². The van der Waals surface area contributed by atoms with Crippen LogP contribution in [0, 0.1) is 0 Å². The molecule has 20 heavy (non-hydrogen) atoms. The van der Waals surface area contributed by atoms with Gasteiger partial charge in [-0.15, -0.1) is 0 Å². The molecule has 0 saturated carbocycles. The van der Waals surface area contributed by atoms with Crippen molar-refractivity contribution in [3.8, 4) is 0 Å². The Morgan fingerprint density at radius 3 is 2.25 bits per heavy atom. The van der Waals surface area contributed by atoms with Crippen LogP contribution in [0.5, 0.6) is 0 Å². The molecule has 0 spiro atoms. The van der Waals surface area contributed by atoms with Crippen LogP contribution >= 0.6 is 0 Å². The minimum Gasteiger partial charge on any atom is -0.313 e. The van der Waals surface area contributed by atoms with Crippen LogP contribution in [-0.4, -0.2) is 37.2 Å². The second kappa shape index (κ2) is 7.90. The van der Waals surface area contributed by atoms with Crippen LogP contribution in [0.2, 0.25) is 0 Å². The van der Waals surface area contributed by atoms with Gasteiger partial charge in [-0.25, -0.2) is 8.42 Å². The lowest BCUT2D eigenvalue weighted by Crippen LogP contribution is -2.33. The van der Waals surface area contributed by atoms with Gasteiger partial charge in [-0.1, -0.05) is 20.3 Å². The standard InChI is InChI=1S/C14H23NO3S2/c1-4-6-12(15-5-2)11-19(16)13-7-9-14(10-8-13)20(3,17)18/h7-10,12,15H,4-6,11H2,1-3H3. The molecule has 1 N–H and O–H groups in total. The van der Waals surface area contributed by atoms with Crippen LogP contribution in [0.4, 0.5) is 0 Å². The lowest BCUT2D eigenvalue weighted by Gasteiger charge is -2.16. The molecule has 0 saturated heterocycles. The molecule has 2 unspecified atom stereocenters. The number of hydrogen-bond donors (Lipinski definition) is 1. The van der Waals surface area contributed by atoms with Crippen LogP contribution in [-0.2, 0) is 20.6 Å². The van der Waals surface area contributed by atoms with Gasteiger partial charge in [0.25, 0.3) is 0 Å². The van der Waals surface area contributed by atoms with E-state index in [0.29, 0.717) is 10.6 Å². The average Bonchev–Trinajstić information content (AvgIpc) is 2.38. The second-order valence-corrected chi connectivity index (χ2v) is 8.31. The van der Waals surface area contributed by atoms with E-state index in [0.717, 1.165) is 19.4 Å². The number of rotatable bonds is 8. The van der Waals surface area contributed by atoms with Crippen molar-refractivity contribution < 1.29 is 12.6 Å². The summed E-state index contributed by atoms with van der Waals surface area (Å²) in [5, 5.41) is 3.33. The van der Waals surface area contributed by atoms with Crippen molar-refractivity contribution in [1.82, 2.24) is 5.32 Å². The fourth-order valence-electron chi connectivity index (χ4n) is 2.00. The summed E-state index contributed by atoms with van der Waals surface area (Å²) in [6, 6.07) is 6.55. The van der Waals surface area contributed by atoms with E-state index < -0.39 is 20.6 Å². The fourth-order valence-corrected chi connectivity index (χ4v) is 3.91. The van der Waals surface area contributed by atoms with Crippen molar-refractivity contribution in [2.75, 3.05) is 18.6 Å². The summed E-state index contributed by atoms with van der Waals surface area (Å²) in [7, 11) is -4.31. The van der Waals surface area contributed by atoms with Gasteiger partial charge in [0, 0.05) is 22.9 Å². The van der Waals surface area contributed by atoms with Gasteiger partial charge in [0.05, 0.1) is 15.7 Å². The van der Waals surface area contributed by atoms with E-state index in [9.17, 15) is 12.6 Å². The first kappa shape index (κ1) is 17.3. The highest BCUT2D eigenvalue weighted by Crippen LogP contribution is 2.14. The maximum absolute atomic E-state index is 12.3. The monoisotopic (exact) mass is 317 g/mol. The Morgan fingerprint density at radius 2 is 1.80 bits per heavy atom. The molecular weight excluding hydrogens is 294 g/mol. The molecule has 0 heterocycles. The Morgan fingerprint density at radius 1 is 1.20 bits per heavy atom. The second-order valence-electron chi connectivity index (χ2n) is 4.80. The Hall–Kier alpha value is -0.720. The SMILES string of the molecule is CCCC(CS(=O)c1ccc(S(C)(=O)=O)cc1)NCC. The van der Waals surface area contributed by atoms with E-state index in [1.54, 1.807) is 12.1 Å². The van der Waals surface area contributed by atoms with Gasteiger partial charge < -0.3 is 5.32 Å². The van der Waals surface area contributed by atoms with Crippen LogP contribution in [0.3, 0.4) is 0 Å². The number of benzene rings is 1. The zero-order chi connectivity index (χ0) is 15.2. The van der Waals surface area contributed by atoms with E-state index in [4.69, 9.17) is 0 Å². The quantitative estimate of drug-likeness (QED) is 0.796. The predicted octanol–water partition coefficient (Wildman–Crippen LogP) is 1.98. The molecular formula is C14H23NO3S2. The first-order valence-corrected chi connectivity index (χ1v) is 10.0. The molecule has 2 atom stereocenters. The van der Waals surface area contributed by atoms with Gasteiger partial charge >= 0.3 is 0 Å². The van der Waals surface area contributed by atoms with Crippen LogP contribution in [0.15, 0.2) is 34.1 Å². The molecule has 0 amide bonds. The Balaban J connectivity index is 2.77. The van der Waals surface area contributed by atoms with E-state index >= 15 is 0 Å². The van der Waals surface area contributed by atoms with Gasteiger partial charge in [0.2, 0.25) is 0 Å². The molecule has 0 aliphatic rings. The number of hydrogen-bond acceptors (Lipinski definition) is 4. The highest BCUT2D eigenvalue weighted by molar-refractivity contribution is 7.90. The normalized spacial score (nSPS) is 14.9. The minimum atomic E-state index is -3.20. The number of sulfone groups is 1. The average molecular weight is 317 g/mol. The molecule has 0 fully saturated rings. The maximum Gasteiger partial charge on any atom is 0.175 e. The molecule has 1 aromatic carbocycles. The smallest absolute Gasteiger partial charge is 0.175 e. The molecule has 0 bridgehead atoms. The van der Waals surface area contributed by atoms with E-state index in [1.165, 1.54) is 18.4 Å². The molecule has 114 valence electrons. The molecule has 0 aliphatic carbocycles. The summed E-state index contributed by atoms with van der Waals surface area (Å²) in [6.45, 7) is 5.00. The maximum atomic E-state index is 12.3. The summed E-state index contributed by atoms with van der Waals surface area (Å²) in [4.78, 5) is 0.937. The zero-order valence-corrected chi connectivity index (χ0v) is 13.9. The first-order chi connectivity index (χ1) is 9.38. The fraction of sp³-hybridized carbons (Fsp3) is 0.571. The largest absolute Gasteiger partial charge is 0.313 e. The van der Waals surface area contributed by atoms with Crippen molar-refractivity contribution >= 4 is 20.6 Å². The van der Waals surface area contributed by atoms with Crippen molar-refractivity contribution in [3.63, 3.8) is 0 Å². The highest BCUT2D eigenvalue weighted by atomic mass is 32.2. The van der Waals surface area contributed by atoms with Gasteiger partial charge in [-0.05, 0) is 37.2 Å². The van der Waals surface area contributed by atoms with Gasteiger partial charge in [0.1, 0.15) is 0 Å². The highest BCUT2D eigenvalue weighted by Gasteiger charge is 2.13. The third-order valence-corrected chi connectivity index (χ3v) is 5.63. The lowest BCUT2D eigenvalue weighted by molar-refractivity contribution is 0.525. The lowest BCUT2D eigenvalue weighted by atomic mass is 10.2. The summed E-state index contributed by atoms with van der Waals surface area (Å²) in [6.07, 6.45) is 3.20. The van der Waals surface area contributed by atoms with E-state index in [2.05, 4.69) is 12.2 Å². The van der Waals surface area contributed by atoms with Gasteiger partial charge in [-0.3, -0.25) is 4.21 Å². The molecule has 4 nitrogen and oxygen atoms in total. The van der Waals surface area contributed by atoms with E-state index in [1.807, 2.05) is 6.92 Å². The Bertz CT molecular complexity index is 532. The van der Waals surface area contributed by atoms with Crippen molar-refractivity contribution in [3.05, 3.63) is 24.3 Å². The summed E-state index contributed by atoms with van der Waals surface area (Å²) in [5.41, 5.74) is 0. The summed E-state index contributed by atoms with van der Waals surface area (Å²) >= 11 is 0. The van der Waals surface area contributed by atoms with E-state index in [-0.39, 0.29) is 10.9 Å². The predicted molar refractivity (Wildman–Crippen MR) is 83.2 cm³/mol. The zero-order valence-electron chi connectivity index (χ0n) is 12.3. The van der Waals surface area contributed by atoms with Gasteiger partial charge in [0.15, 0.2) is 9.84 Å². The molecule has 1 aromatic rings. The summed E-state index contributed by atoms with van der Waals surface area (Å²) < 4.78 is 35.0. The molecule has 6 heteroatoms. The summed E-state index contributed by atoms with van der Waals surface area (Å²) in [5.74, 6) is 0.555. The van der Waals surface area contributed by atoms with Crippen LogP contribution in [0.1, 0.15) is 26.7 Å². The topological polar surface area (TPSA) is 63.2 Å².